The molecule has 0 saturated heterocycles. The van der Waals surface area contributed by atoms with Crippen LogP contribution < -0.4 is 4.74 Å². The Morgan fingerprint density at radius 2 is 2.00 bits per heavy atom. The van der Waals surface area contributed by atoms with Crippen molar-refractivity contribution in [3.8, 4) is 5.88 Å². The summed E-state index contributed by atoms with van der Waals surface area (Å²) in [6, 6.07) is 11.7. The fraction of sp³-hybridized carbons (Fsp3) is 0. The van der Waals surface area contributed by atoms with Gasteiger partial charge in [0.25, 0.3) is 0 Å². The quantitative estimate of drug-likeness (QED) is 0.648. The molecule has 2 nitrogen and oxygen atoms in total. The molecule has 0 spiro atoms. The van der Waals surface area contributed by atoms with Crippen molar-refractivity contribution in [3.05, 3.63) is 49.2 Å². The second kappa shape index (κ2) is 3.27. The molecule has 0 fully saturated rings. The smallest absolute Gasteiger partial charge is 0.218 e. The van der Waals surface area contributed by atoms with Crippen LogP contribution >= 0.6 is 0 Å². The first kappa shape index (κ1) is 7.80. The predicted molar refractivity (Wildman–Crippen MR) is 52.6 cm³/mol. The summed E-state index contributed by atoms with van der Waals surface area (Å²) in [6.07, 6.45) is 1.37. The van der Waals surface area contributed by atoms with E-state index in [0.29, 0.717) is 5.88 Å². The van der Waals surface area contributed by atoms with Gasteiger partial charge in [0.05, 0.1) is 11.8 Å². The van der Waals surface area contributed by atoms with Gasteiger partial charge < -0.3 is 4.74 Å². The molecule has 0 radical (unpaired) electrons. The third-order valence-electron chi connectivity index (χ3n) is 1.78. The first-order chi connectivity index (χ1) is 6.40. The molecule has 2 heteroatoms. The van der Waals surface area contributed by atoms with Crippen LogP contribution in [0, 0.1) is 0 Å². The third kappa shape index (κ3) is 1.51. The summed E-state index contributed by atoms with van der Waals surface area (Å²) < 4.78 is 5.07. The van der Waals surface area contributed by atoms with Crippen molar-refractivity contribution in [1.29, 1.82) is 0 Å². The van der Waals surface area contributed by atoms with Gasteiger partial charge >= 0.3 is 0 Å². The van der Waals surface area contributed by atoms with Gasteiger partial charge in [-0.2, -0.15) is 0 Å². The Morgan fingerprint density at radius 1 is 1.15 bits per heavy atom. The second-order valence-corrected chi connectivity index (χ2v) is 2.63. The van der Waals surface area contributed by atoms with Crippen LogP contribution in [0.1, 0.15) is 0 Å². The van der Waals surface area contributed by atoms with E-state index in [-0.39, 0.29) is 0 Å². The Bertz CT molecular complexity index is 437. The molecule has 0 aliphatic rings. The molecule has 1 aromatic carbocycles. The summed E-state index contributed by atoms with van der Waals surface area (Å²) in [6.45, 7) is 3.47. The Hall–Kier alpha value is -1.83. The minimum absolute atomic E-state index is 0.578. The number of hydrogen-bond acceptors (Lipinski definition) is 2. The molecule has 13 heavy (non-hydrogen) atoms. The van der Waals surface area contributed by atoms with E-state index in [9.17, 15) is 0 Å². The summed E-state index contributed by atoms with van der Waals surface area (Å²) in [4.78, 5) is 4.27. The van der Waals surface area contributed by atoms with Crippen LogP contribution in [0.4, 0.5) is 0 Å². The molecule has 1 aromatic heterocycles. The van der Waals surface area contributed by atoms with Gasteiger partial charge in [-0.3, -0.25) is 0 Å². The lowest BCUT2D eigenvalue weighted by atomic mass is 10.2. The normalized spacial score (nSPS) is 9.85. The van der Waals surface area contributed by atoms with Crippen molar-refractivity contribution >= 4 is 10.9 Å². The lowest BCUT2D eigenvalue weighted by molar-refractivity contribution is 0.465. The monoisotopic (exact) mass is 171 g/mol. The zero-order chi connectivity index (χ0) is 9.10. The van der Waals surface area contributed by atoms with Crippen LogP contribution in [0.2, 0.25) is 0 Å². The number of fused-ring (bicyclic) bond motifs is 1. The summed E-state index contributed by atoms with van der Waals surface area (Å²) in [5, 5.41) is 1.11. The molecule has 0 aliphatic heterocycles. The van der Waals surface area contributed by atoms with Gasteiger partial charge in [0.2, 0.25) is 5.88 Å². The number of para-hydroxylation sites is 1. The van der Waals surface area contributed by atoms with Crippen LogP contribution in [0.25, 0.3) is 10.9 Å². The fourth-order valence-corrected chi connectivity index (χ4v) is 1.20. The first-order valence-electron chi connectivity index (χ1n) is 4.03. The van der Waals surface area contributed by atoms with E-state index >= 15 is 0 Å². The molecule has 0 N–H and O–H groups in total. The third-order valence-corrected chi connectivity index (χ3v) is 1.78. The number of pyridine rings is 1. The Kier molecular flexibility index (Phi) is 1.96. The minimum Gasteiger partial charge on any atom is -0.447 e. The van der Waals surface area contributed by atoms with Gasteiger partial charge in [-0.15, -0.1) is 0 Å². The molecular formula is C11H9NO. The zero-order valence-electron chi connectivity index (χ0n) is 7.10. The van der Waals surface area contributed by atoms with Crippen molar-refractivity contribution in [2.75, 3.05) is 0 Å². The van der Waals surface area contributed by atoms with Gasteiger partial charge in [0.1, 0.15) is 0 Å². The highest BCUT2D eigenvalue weighted by atomic mass is 16.5. The maximum Gasteiger partial charge on any atom is 0.218 e. The van der Waals surface area contributed by atoms with Crippen molar-refractivity contribution in [1.82, 2.24) is 4.98 Å². The van der Waals surface area contributed by atoms with Gasteiger partial charge in [-0.05, 0) is 12.1 Å². The number of benzene rings is 1. The molecular weight excluding hydrogens is 162 g/mol. The number of ether oxygens (including phenoxy) is 1. The molecule has 0 atom stereocenters. The highest BCUT2D eigenvalue weighted by molar-refractivity contribution is 5.78. The fourth-order valence-electron chi connectivity index (χ4n) is 1.20. The van der Waals surface area contributed by atoms with Crippen LogP contribution in [0.3, 0.4) is 0 Å². The maximum atomic E-state index is 5.07. The SMILES string of the molecule is C=COc1ccc2ccccc2n1. The van der Waals surface area contributed by atoms with Crippen LogP contribution in [-0.2, 0) is 0 Å². The van der Waals surface area contributed by atoms with Crippen LogP contribution in [-0.4, -0.2) is 4.98 Å². The number of aromatic nitrogens is 1. The van der Waals surface area contributed by atoms with E-state index < -0.39 is 0 Å². The molecule has 1 heterocycles. The lowest BCUT2D eigenvalue weighted by Gasteiger charge is -2.00. The largest absolute Gasteiger partial charge is 0.447 e. The van der Waals surface area contributed by atoms with E-state index in [0.717, 1.165) is 10.9 Å². The van der Waals surface area contributed by atoms with Crippen LogP contribution in [0.15, 0.2) is 49.2 Å². The number of rotatable bonds is 2. The maximum absolute atomic E-state index is 5.07. The highest BCUT2D eigenvalue weighted by Crippen LogP contribution is 2.15. The molecule has 0 saturated carbocycles. The number of hydrogen-bond donors (Lipinski definition) is 0. The first-order valence-corrected chi connectivity index (χ1v) is 4.03. The van der Waals surface area contributed by atoms with Crippen molar-refractivity contribution in [2.45, 2.75) is 0 Å². The van der Waals surface area contributed by atoms with E-state index in [1.807, 2.05) is 36.4 Å². The lowest BCUT2D eigenvalue weighted by Crippen LogP contribution is -1.85. The van der Waals surface area contributed by atoms with Gasteiger partial charge in [-0.25, -0.2) is 4.98 Å². The summed E-state index contributed by atoms with van der Waals surface area (Å²) in [5.74, 6) is 0.578. The Labute approximate surface area is 76.5 Å². The molecule has 2 aromatic rings. The van der Waals surface area contributed by atoms with Crippen molar-refractivity contribution in [2.24, 2.45) is 0 Å². The summed E-state index contributed by atoms with van der Waals surface area (Å²) in [7, 11) is 0. The van der Waals surface area contributed by atoms with E-state index in [2.05, 4.69) is 11.6 Å². The standard InChI is InChI=1S/C11H9NO/c1-2-13-11-8-7-9-5-3-4-6-10(9)12-11/h2-8H,1H2. The van der Waals surface area contributed by atoms with E-state index in [4.69, 9.17) is 4.74 Å². The van der Waals surface area contributed by atoms with Gasteiger partial charge in [0.15, 0.2) is 0 Å². The number of nitrogens with zero attached hydrogens (tertiary/aromatic N) is 1. The molecule has 64 valence electrons. The average molecular weight is 171 g/mol. The predicted octanol–water partition coefficient (Wildman–Crippen LogP) is 2.76. The molecule has 2 rings (SSSR count). The molecule has 0 aliphatic carbocycles. The summed E-state index contributed by atoms with van der Waals surface area (Å²) in [5.41, 5.74) is 0.932. The van der Waals surface area contributed by atoms with Crippen molar-refractivity contribution < 1.29 is 4.74 Å². The zero-order valence-corrected chi connectivity index (χ0v) is 7.10. The van der Waals surface area contributed by atoms with E-state index in [1.165, 1.54) is 6.26 Å². The highest BCUT2D eigenvalue weighted by Gasteiger charge is 1.95. The van der Waals surface area contributed by atoms with Gasteiger partial charge in [-0.1, -0.05) is 24.8 Å². The topological polar surface area (TPSA) is 22.1 Å². The average Bonchev–Trinajstić information content (AvgIpc) is 2.18. The van der Waals surface area contributed by atoms with Gasteiger partial charge in [0, 0.05) is 11.5 Å². The molecule has 0 bridgehead atoms. The summed E-state index contributed by atoms with van der Waals surface area (Å²) >= 11 is 0. The van der Waals surface area contributed by atoms with E-state index in [1.54, 1.807) is 0 Å². The molecule has 0 amide bonds. The van der Waals surface area contributed by atoms with Crippen LogP contribution in [0.5, 0.6) is 5.88 Å². The van der Waals surface area contributed by atoms with Crippen molar-refractivity contribution in [3.63, 3.8) is 0 Å². The second-order valence-electron chi connectivity index (χ2n) is 2.63. The Morgan fingerprint density at radius 3 is 2.85 bits per heavy atom. The molecule has 0 unspecified atom stereocenters. The Balaban J connectivity index is 2.55. The minimum atomic E-state index is 0.578.